The maximum atomic E-state index is 12.8. The van der Waals surface area contributed by atoms with Gasteiger partial charge in [0.05, 0.1) is 21.1 Å². The number of carboxylic acid groups (broad SMARTS) is 1. The minimum atomic E-state index is -0.964. The van der Waals surface area contributed by atoms with Crippen molar-refractivity contribution in [2.45, 2.75) is 6.61 Å². The molecule has 31 heavy (non-hydrogen) atoms. The summed E-state index contributed by atoms with van der Waals surface area (Å²) in [7, 11) is 0. The summed E-state index contributed by atoms with van der Waals surface area (Å²) in [5, 5.41) is 9.08. The van der Waals surface area contributed by atoms with E-state index >= 15 is 0 Å². The zero-order valence-corrected chi connectivity index (χ0v) is 17.0. The first-order valence-corrected chi connectivity index (χ1v) is 10.4. The monoisotopic (exact) mass is 428 g/mol. The molecule has 0 aliphatic carbocycles. The van der Waals surface area contributed by atoms with Gasteiger partial charge in [-0.2, -0.15) is 0 Å². The van der Waals surface area contributed by atoms with Crippen molar-refractivity contribution in [3.8, 4) is 5.75 Å². The Labute approximate surface area is 180 Å². The molecule has 0 radical (unpaired) electrons. The van der Waals surface area contributed by atoms with Crippen LogP contribution in [0.3, 0.4) is 0 Å². The number of para-hydroxylation sites is 2. The SMILES string of the molecule is O=C(O)c1cccc(COc2ccc(/C=c3/sc4nc5ccccc5n4c3=O)cc2)c1. The van der Waals surface area contributed by atoms with Crippen LogP contribution in [0, 0.1) is 0 Å². The Hall–Kier alpha value is -3.97. The number of benzene rings is 3. The summed E-state index contributed by atoms with van der Waals surface area (Å²) >= 11 is 1.36. The van der Waals surface area contributed by atoms with E-state index in [-0.39, 0.29) is 17.7 Å². The number of imidazole rings is 1. The van der Waals surface area contributed by atoms with Gasteiger partial charge in [0.1, 0.15) is 12.4 Å². The van der Waals surface area contributed by atoms with Gasteiger partial charge in [-0.05, 0) is 53.6 Å². The second-order valence-corrected chi connectivity index (χ2v) is 8.01. The van der Waals surface area contributed by atoms with Gasteiger partial charge in [0.2, 0.25) is 0 Å². The van der Waals surface area contributed by atoms with Crippen molar-refractivity contribution < 1.29 is 14.6 Å². The lowest BCUT2D eigenvalue weighted by Crippen LogP contribution is -2.22. The topological polar surface area (TPSA) is 80.9 Å². The minimum Gasteiger partial charge on any atom is -0.489 e. The molecule has 1 N–H and O–H groups in total. The van der Waals surface area contributed by atoms with E-state index in [4.69, 9.17) is 9.84 Å². The average Bonchev–Trinajstić information content (AvgIpc) is 3.29. The van der Waals surface area contributed by atoms with Crippen molar-refractivity contribution in [3.05, 3.63) is 104 Å². The summed E-state index contributed by atoms with van der Waals surface area (Å²) in [5.74, 6) is -0.305. The molecule has 7 heteroatoms. The molecule has 0 aliphatic rings. The van der Waals surface area contributed by atoms with E-state index in [9.17, 15) is 9.59 Å². The van der Waals surface area contributed by atoms with Gasteiger partial charge < -0.3 is 9.84 Å². The molecule has 2 aromatic heterocycles. The highest BCUT2D eigenvalue weighted by Gasteiger charge is 2.10. The van der Waals surface area contributed by atoms with E-state index in [0.29, 0.717) is 15.2 Å². The lowest BCUT2D eigenvalue weighted by Gasteiger charge is -2.07. The number of carbonyl (C=O) groups is 1. The molecular weight excluding hydrogens is 412 g/mol. The predicted molar refractivity (Wildman–Crippen MR) is 120 cm³/mol. The van der Waals surface area contributed by atoms with Crippen LogP contribution < -0.4 is 14.8 Å². The van der Waals surface area contributed by atoms with E-state index in [1.165, 1.54) is 11.3 Å². The molecule has 0 saturated carbocycles. The van der Waals surface area contributed by atoms with Crippen molar-refractivity contribution in [2.24, 2.45) is 0 Å². The lowest BCUT2D eigenvalue weighted by molar-refractivity contribution is 0.0696. The summed E-state index contributed by atoms with van der Waals surface area (Å²) in [6.07, 6.45) is 1.84. The van der Waals surface area contributed by atoms with Gasteiger partial charge in [0, 0.05) is 0 Å². The molecule has 6 nitrogen and oxygen atoms in total. The minimum absolute atomic E-state index is 0.0765. The van der Waals surface area contributed by atoms with Crippen LogP contribution in [0.25, 0.3) is 22.1 Å². The molecule has 0 spiro atoms. The summed E-state index contributed by atoms with van der Waals surface area (Å²) in [6.45, 7) is 0.268. The summed E-state index contributed by atoms with van der Waals surface area (Å²) < 4.78 is 8.02. The molecule has 0 bridgehead atoms. The molecule has 0 aliphatic heterocycles. The van der Waals surface area contributed by atoms with Crippen molar-refractivity contribution >= 4 is 39.4 Å². The fourth-order valence-corrected chi connectivity index (χ4v) is 4.37. The van der Waals surface area contributed by atoms with Gasteiger partial charge in [-0.15, -0.1) is 0 Å². The maximum Gasteiger partial charge on any atom is 0.335 e. The Balaban J connectivity index is 1.37. The molecule has 5 rings (SSSR count). The van der Waals surface area contributed by atoms with Crippen molar-refractivity contribution in [1.82, 2.24) is 9.38 Å². The van der Waals surface area contributed by atoms with Gasteiger partial charge in [-0.1, -0.05) is 47.7 Å². The Bertz CT molecular complexity index is 1530. The van der Waals surface area contributed by atoms with E-state index in [1.807, 2.05) is 60.7 Å². The van der Waals surface area contributed by atoms with Gasteiger partial charge in [-0.25, -0.2) is 14.2 Å². The second kappa shape index (κ2) is 7.70. The van der Waals surface area contributed by atoms with Crippen molar-refractivity contribution in [2.75, 3.05) is 0 Å². The van der Waals surface area contributed by atoms with E-state index < -0.39 is 5.97 Å². The number of hydrogen-bond acceptors (Lipinski definition) is 5. The third-order valence-electron chi connectivity index (χ3n) is 4.90. The number of aromatic nitrogens is 2. The largest absolute Gasteiger partial charge is 0.489 e. The predicted octanol–water partition coefficient (Wildman–Crippen LogP) is 3.73. The van der Waals surface area contributed by atoms with Crippen LogP contribution in [-0.4, -0.2) is 20.5 Å². The number of aromatic carboxylic acids is 1. The third-order valence-corrected chi connectivity index (χ3v) is 5.87. The number of ether oxygens (including phenoxy) is 1. The highest BCUT2D eigenvalue weighted by Crippen LogP contribution is 2.17. The van der Waals surface area contributed by atoms with Crippen molar-refractivity contribution in [3.63, 3.8) is 0 Å². The fraction of sp³-hybridized carbons (Fsp3) is 0.0417. The number of nitrogens with zero attached hydrogens (tertiary/aromatic N) is 2. The molecule has 5 aromatic rings. The first-order valence-electron chi connectivity index (χ1n) is 9.55. The van der Waals surface area contributed by atoms with Crippen molar-refractivity contribution in [1.29, 1.82) is 0 Å². The van der Waals surface area contributed by atoms with Crippen LogP contribution in [0.1, 0.15) is 21.5 Å². The van der Waals surface area contributed by atoms with Crippen LogP contribution in [0.15, 0.2) is 77.6 Å². The molecule has 152 valence electrons. The Morgan fingerprint density at radius 1 is 1.06 bits per heavy atom. The molecule has 3 aromatic carbocycles. The number of thiazole rings is 1. The molecular formula is C24H16N2O4S. The van der Waals surface area contributed by atoms with Crippen LogP contribution in [-0.2, 0) is 6.61 Å². The summed E-state index contributed by atoms with van der Waals surface area (Å²) in [4.78, 5) is 29.1. The van der Waals surface area contributed by atoms with Crippen LogP contribution in [0.4, 0.5) is 0 Å². The lowest BCUT2D eigenvalue weighted by atomic mass is 10.1. The molecule has 0 fully saturated rings. The number of hydrogen-bond donors (Lipinski definition) is 1. The second-order valence-electron chi connectivity index (χ2n) is 7.00. The van der Waals surface area contributed by atoms with Gasteiger partial charge in [0.25, 0.3) is 5.56 Å². The van der Waals surface area contributed by atoms with Crippen LogP contribution >= 0.6 is 11.3 Å². The molecule has 0 unspecified atom stereocenters. The van der Waals surface area contributed by atoms with Crippen LogP contribution in [0.2, 0.25) is 0 Å². The quantitative estimate of drug-likeness (QED) is 0.461. The maximum absolute atomic E-state index is 12.8. The highest BCUT2D eigenvalue weighted by molar-refractivity contribution is 7.15. The zero-order chi connectivity index (χ0) is 21.4. The van der Waals surface area contributed by atoms with E-state index in [2.05, 4.69) is 4.98 Å². The molecule has 0 atom stereocenters. The first-order chi connectivity index (χ1) is 15.1. The normalized spacial score (nSPS) is 11.9. The first kappa shape index (κ1) is 19.0. The summed E-state index contributed by atoms with van der Waals surface area (Å²) in [5.41, 5.74) is 3.44. The Morgan fingerprint density at radius 3 is 2.68 bits per heavy atom. The average molecular weight is 428 g/mol. The summed E-state index contributed by atoms with van der Waals surface area (Å²) in [6, 6.07) is 21.7. The smallest absolute Gasteiger partial charge is 0.335 e. The van der Waals surface area contributed by atoms with Crippen LogP contribution in [0.5, 0.6) is 5.75 Å². The standard InChI is InChI=1S/C24H16N2O4S/c27-22-21(31-24-25-19-6-1-2-7-20(19)26(22)24)13-15-8-10-18(11-9-15)30-14-16-4-3-5-17(12-16)23(28)29/h1-13H,14H2,(H,28,29)/b21-13+. The Morgan fingerprint density at radius 2 is 1.87 bits per heavy atom. The number of rotatable bonds is 5. The molecule has 0 saturated heterocycles. The molecule has 0 amide bonds. The van der Waals surface area contributed by atoms with E-state index in [0.717, 1.165) is 22.2 Å². The number of carboxylic acids is 1. The van der Waals surface area contributed by atoms with E-state index in [1.54, 1.807) is 22.6 Å². The zero-order valence-electron chi connectivity index (χ0n) is 16.2. The molecule has 2 heterocycles. The number of fused-ring (bicyclic) bond motifs is 3. The van der Waals surface area contributed by atoms with Gasteiger partial charge >= 0.3 is 5.97 Å². The Kier molecular flexibility index (Phi) is 4.72. The fourth-order valence-electron chi connectivity index (χ4n) is 3.38. The highest BCUT2D eigenvalue weighted by atomic mass is 32.1. The van der Waals surface area contributed by atoms with Gasteiger partial charge in [-0.3, -0.25) is 4.79 Å². The third kappa shape index (κ3) is 3.67. The van der Waals surface area contributed by atoms with Gasteiger partial charge in [0.15, 0.2) is 4.96 Å².